The van der Waals surface area contributed by atoms with Gasteiger partial charge in [-0.3, -0.25) is 4.98 Å². The Morgan fingerprint density at radius 1 is 0.972 bits per heavy atom. The average molecular weight is 482 g/mol. The molecule has 2 N–H and O–H groups in total. The predicted molar refractivity (Wildman–Crippen MR) is 139 cm³/mol. The Morgan fingerprint density at radius 2 is 1.78 bits per heavy atom. The summed E-state index contributed by atoms with van der Waals surface area (Å²) in [6.07, 6.45) is 3.08. The number of aromatic nitrogens is 5. The Bertz CT molecular complexity index is 1540. The summed E-state index contributed by atoms with van der Waals surface area (Å²) in [7, 11) is 0. The fourth-order valence-electron chi connectivity index (χ4n) is 3.81. The zero-order valence-electron chi connectivity index (χ0n) is 20.4. The topological polar surface area (TPSA) is 107 Å². The minimum absolute atomic E-state index is 0.229. The number of carbonyl (C=O) groups is 1. The Hall–Kier alpha value is -4.53. The van der Waals surface area contributed by atoms with Gasteiger partial charge in [-0.15, -0.1) is 5.10 Å². The molecule has 0 unspecified atom stereocenters. The molecule has 0 atom stereocenters. The van der Waals surface area contributed by atoms with E-state index in [1.807, 2.05) is 63.2 Å². The van der Waals surface area contributed by atoms with Crippen molar-refractivity contribution in [3.8, 4) is 5.69 Å². The molecule has 3 heterocycles. The third-order valence-electron chi connectivity index (χ3n) is 5.43. The van der Waals surface area contributed by atoms with Crippen LogP contribution in [0.5, 0.6) is 0 Å². The highest BCUT2D eigenvalue weighted by Gasteiger charge is 2.16. The van der Waals surface area contributed by atoms with Crippen LogP contribution in [0, 0.1) is 0 Å². The molecule has 36 heavy (non-hydrogen) atoms. The van der Waals surface area contributed by atoms with E-state index in [0.717, 1.165) is 38.9 Å². The van der Waals surface area contributed by atoms with Gasteiger partial charge in [-0.2, -0.15) is 0 Å². The smallest absolute Gasteiger partial charge is 0.407 e. The zero-order valence-corrected chi connectivity index (χ0v) is 20.4. The zero-order chi connectivity index (χ0) is 25.1. The lowest BCUT2D eigenvalue weighted by molar-refractivity contribution is 0.0523. The molecule has 9 heteroatoms. The molecule has 0 fully saturated rings. The molecule has 0 saturated carbocycles. The quantitative estimate of drug-likeness (QED) is 0.329. The van der Waals surface area contributed by atoms with E-state index in [1.165, 1.54) is 0 Å². The minimum Gasteiger partial charge on any atom is -0.444 e. The predicted octanol–water partition coefficient (Wildman–Crippen LogP) is 5.00. The van der Waals surface area contributed by atoms with Crippen molar-refractivity contribution in [3.63, 3.8) is 0 Å². The number of nitrogens with one attached hydrogen (secondary N) is 2. The second-order valence-electron chi connectivity index (χ2n) is 9.44. The number of carbonyl (C=O) groups excluding carboxylic acids is 1. The number of hydrogen-bond donors (Lipinski definition) is 2. The first-order valence-corrected chi connectivity index (χ1v) is 11.7. The maximum Gasteiger partial charge on any atom is 0.407 e. The molecule has 0 radical (unpaired) electrons. The number of pyridine rings is 2. The fraction of sp³-hybridized carbons (Fsp3) is 0.222. The highest BCUT2D eigenvalue weighted by molar-refractivity contribution is 6.03. The van der Waals surface area contributed by atoms with Crippen LogP contribution in [-0.4, -0.2) is 36.7 Å². The monoisotopic (exact) mass is 481 g/mol. The van der Waals surface area contributed by atoms with E-state index in [4.69, 9.17) is 9.72 Å². The average Bonchev–Trinajstić information content (AvgIpc) is 3.34. The van der Waals surface area contributed by atoms with Crippen molar-refractivity contribution in [3.05, 3.63) is 84.3 Å². The van der Waals surface area contributed by atoms with Gasteiger partial charge >= 0.3 is 6.09 Å². The number of ether oxygens (including phenoxy) is 1. The van der Waals surface area contributed by atoms with Gasteiger partial charge < -0.3 is 15.4 Å². The Morgan fingerprint density at radius 3 is 2.61 bits per heavy atom. The largest absolute Gasteiger partial charge is 0.444 e. The van der Waals surface area contributed by atoms with Gasteiger partial charge in [-0.1, -0.05) is 35.5 Å². The van der Waals surface area contributed by atoms with Crippen LogP contribution in [0.3, 0.4) is 0 Å². The molecule has 0 aliphatic carbocycles. The summed E-state index contributed by atoms with van der Waals surface area (Å²) in [6, 6.07) is 20.1. The molecule has 0 bridgehead atoms. The second kappa shape index (κ2) is 9.61. The standard InChI is InChI=1S/C27H27N7O2/c1-27(2,3)36-26(35)30-16-21-17-34(33-32-21)22-8-4-6-18(14-22)15-29-23-12-11-20-10-9-19-7-5-13-28-24(19)25(20)31-23/h4-14,17H,15-16H2,1-3H3,(H,29,31)(H,30,35). The van der Waals surface area contributed by atoms with Gasteiger partial charge in [0.05, 0.1) is 29.5 Å². The van der Waals surface area contributed by atoms with E-state index in [0.29, 0.717) is 12.2 Å². The van der Waals surface area contributed by atoms with E-state index in [2.05, 4.69) is 44.1 Å². The van der Waals surface area contributed by atoms with Crippen molar-refractivity contribution in [2.75, 3.05) is 5.32 Å². The first kappa shape index (κ1) is 23.2. The van der Waals surface area contributed by atoms with Crippen LogP contribution < -0.4 is 10.6 Å². The number of nitrogens with zero attached hydrogens (tertiary/aromatic N) is 5. The molecule has 0 aliphatic heterocycles. The van der Waals surface area contributed by atoms with Crippen LogP contribution in [0.4, 0.5) is 10.6 Å². The number of anilines is 1. The van der Waals surface area contributed by atoms with Crippen molar-refractivity contribution < 1.29 is 9.53 Å². The summed E-state index contributed by atoms with van der Waals surface area (Å²) < 4.78 is 6.94. The maximum absolute atomic E-state index is 11.9. The Balaban J connectivity index is 1.26. The van der Waals surface area contributed by atoms with Gasteiger partial charge in [-0.05, 0) is 56.7 Å². The highest BCUT2D eigenvalue weighted by atomic mass is 16.6. The number of hydrogen-bond acceptors (Lipinski definition) is 7. The molecule has 0 saturated heterocycles. The van der Waals surface area contributed by atoms with E-state index in [-0.39, 0.29) is 6.54 Å². The molecule has 0 aliphatic rings. The molecule has 5 rings (SSSR count). The van der Waals surface area contributed by atoms with Crippen LogP contribution in [0.1, 0.15) is 32.0 Å². The lowest BCUT2D eigenvalue weighted by atomic mass is 10.1. The van der Waals surface area contributed by atoms with Gasteiger partial charge in [0.1, 0.15) is 17.1 Å². The number of rotatable bonds is 6. The lowest BCUT2D eigenvalue weighted by Crippen LogP contribution is -2.32. The van der Waals surface area contributed by atoms with Crippen LogP contribution >= 0.6 is 0 Å². The van der Waals surface area contributed by atoms with Gasteiger partial charge in [0, 0.05) is 23.5 Å². The van der Waals surface area contributed by atoms with Crippen LogP contribution in [-0.2, 0) is 17.8 Å². The van der Waals surface area contributed by atoms with E-state index >= 15 is 0 Å². The molecule has 2 aromatic carbocycles. The SMILES string of the molecule is CC(C)(C)OC(=O)NCc1cn(-c2cccc(CNc3ccc4ccc5cccnc5c4n3)c2)nn1. The highest BCUT2D eigenvalue weighted by Crippen LogP contribution is 2.23. The molecule has 182 valence electrons. The summed E-state index contributed by atoms with van der Waals surface area (Å²) >= 11 is 0. The molecular formula is C27H27N7O2. The minimum atomic E-state index is -0.552. The fourth-order valence-corrected chi connectivity index (χ4v) is 3.81. The summed E-state index contributed by atoms with van der Waals surface area (Å²) in [4.78, 5) is 21.2. The molecule has 1 amide bonds. The van der Waals surface area contributed by atoms with Gasteiger partial charge in [0.2, 0.25) is 0 Å². The molecule has 9 nitrogen and oxygen atoms in total. The van der Waals surface area contributed by atoms with Crippen molar-refractivity contribution in [2.24, 2.45) is 0 Å². The third kappa shape index (κ3) is 5.41. The molecular weight excluding hydrogens is 454 g/mol. The van der Waals surface area contributed by atoms with Crippen LogP contribution in [0.2, 0.25) is 0 Å². The number of alkyl carbamates (subject to hydrolysis) is 1. The number of amides is 1. The second-order valence-corrected chi connectivity index (χ2v) is 9.44. The van der Waals surface area contributed by atoms with E-state index in [9.17, 15) is 4.79 Å². The molecule has 3 aromatic heterocycles. The first-order chi connectivity index (χ1) is 17.3. The normalized spacial score (nSPS) is 11.5. The first-order valence-electron chi connectivity index (χ1n) is 11.7. The van der Waals surface area contributed by atoms with Gasteiger partial charge in [0.25, 0.3) is 0 Å². The van der Waals surface area contributed by atoms with Crippen LogP contribution in [0.25, 0.3) is 27.5 Å². The van der Waals surface area contributed by atoms with Crippen molar-refractivity contribution in [2.45, 2.75) is 39.5 Å². The van der Waals surface area contributed by atoms with Crippen molar-refractivity contribution in [1.29, 1.82) is 0 Å². The summed E-state index contributed by atoms with van der Waals surface area (Å²) in [5, 5.41) is 16.6. The van der Waals surface area contributed by atoms with Crippen molar-refractivity contribution in [1.82, 2.24) is 30.3 Å². The number of benzene rings is 2. The molecule has 5 aromatic rings. The van der Waals surface area contributed by atoms with Gasteiger partial charge in [0.15, 0.2) is 0 Å². The third-order valence-corrected chi connectivity index (χ3v) is 5.43. The Kier molecular flexibility index (Phi) is 6.20. The van der Waals surface area contributed by atoms with E-state index in [1.54, 1.807) is 17.1 Å². The van der Waals surface area contributed by atoms with E-state index < -0.39 is 11.7 Å². The summed E-state index contributed by atoms with van der Waals surface area (Å²) in [5.74, 6) is 0.780. The Labute approximate surface area is 208 Å². The van der Waals surface area contributed by atoms with Crippen LogP contribution in [0.15, 0.2) is 73.1 Å². The summed E-state index contributed by atoms with van der Waals surface area (Å²) in [6.45, 7) is 6.28. The molecule has 0 spiro atoms. The lowest BCUT2D eigenvalue weighted by Gasteiger charge is -2.19. The summed E-state index contributed by atoms with van der Waals surface area (Å²) in [5.41, 5.74) is 3.78. The number of fused-ring (bicyclic) bond motifs is 3. The van der Waals surface area contributed by atoms with Gasteiger partial charge in [-0.25, -0.2) is 14.5 Å². The maximum atomic E-state index is 11.9. The van der Waals surface area contributed by atoms with Crippen molar-refractivity contribution >= 4 is 33.7 Å².